The highest BCUT2D eigenvalue weighted by molar-refractivity contribution is 8.19. The summed E-state index contributed by atoms with van der Waals surface area (Å²) in [7, 11) is 1.62. The lowest BCUT2D eigenvalue weighted by Gasteiger charge is -2.00. The van der Waals surface area contributed by atoms with Gasteiger partial charge in [0.25, 0.3) is 5.91 Å². The summed E-state index contributed by atoms with van der Waals surface area (Å²) in [5.41, 5.74) is 1.52. The second-order valence-corrected chi connectivity index (χ2v) is 5.23. The molecule has 0 N–H and O–H groups in total. The first-order valence-electron chi connectivity index (χ1n) is 6.19. The number of ether oxygens (including phenoxy) is 1. The molecule has 6 heteroatoms. The largest absolute Gasteiger partial charge is 0.497 e. The van der Waals surface area contributed by atoms with E-state index in [9.17, 15) is 4.79 Å². The molecule has 0 saturated carbocycles. The van der Waals surface area contributed by atoms with E-state index in [1.807, 2.05) is 24.3 Å². The molecule has 5 nitrogen and oxygen atoms in total. The van der Waals surface area contributed by atoms with Crippen LogP contribution in [0.4, 0.5) is 0 Å². The number of aliphatic imine (C=N–C) groups is 1. The van der Waals surface area contributed by atoms with Gasteiger partial charge >= 0.3 is 0 Å². The number of aromatic nitrogens is 2. The summed E-state index contributed by atoms with van der Waals surface area (Å²) in [6.45, 7) is 0. The molecule has 0 spiro atoms. The summed E-state index contributed by atoms with van der Waals surface area (Å²) in [4.78, 5) is 24.7. The van der Waals surface area contributed by atoms with Gasteiger partial charge in [0.15, 0.2) is 0 Å². The Morgan fingerprint density at radius 2 is 2.00 bits per heavy atom. The Labute approximate surface area is 125 Å². The molecular weight excluding hydrogens is 286 g/mol. The maximum atomic E-state index is 11.9. The number of thioether (sulfide) groups is 1. The van der Waals surface area contributed by atoms with Crippen LogP contribution in [0.25, 0.3) is 6.08 Å². The second-order valence-electron chi connectivity index (χ2n) is 4.20. The molecule has 2 aromatic rings. The molecule has 0 atom stereocenters. The Morgan fingerprint density at radius 3 is 2.67 bits per heavy atom. The minimum atomic E-state index is -0.253. The zero-order valence-electron chi connectivity index (χ0n) is 11.2. The van der Waals surface area contributed by atoms with Crippen molar-refractivity contribution in [2.24, 2.45) is 4.99 Å². The summed E-state index contributed by atoms with van der Waals surface area (Å²) in [5.74, 6) is 0.524. The summed E-state index contributed by atoms with van der Waals surface area (Å²) in [6.07, 6.45) is 6.56. The highest BCUT2D eigenvalue weighted by atomic mass is 32.2. The predicted octanol–water partition coefficient (Wildman–Crippen LogP) is 2.55. The minimum Gasteiger partial charge on any atom is -0.497 e. The van der Waals surface area contributed by atoms with Gasteiger partial charge in [0.2, 0.25) is 0 Å². The Balaban J connectivity index is 1.82. The van der Waals surface area contributed by atoms with Gasteiger partial charge in [-0.1, -0.05) is 23.9 Å². The van der Waals surface area contributed by atoms with E-state index in [-0.39, 0.29) is 5.91 Å². The Hall–Kier alpha value is -2.47. The summed E-state index contributed by atoms with van der Waals surface area (Å²) in [5, 5.41) is 0.577. The van der Waals surface area contributed by atoms with Crippen molar-refractivity contribution in [3.63, 3.8) is 0 Å². The highest BCUT2D eigenvalue weighted by Crippen LogP contribution is 2.31. The van der Waals surface area contributed by atoms with E-state index in [1.54, 1.807) is 31.8 Å². The first-order valence-corrected chi connectivity index (χ1v) is 7.01. The van der Waals surface area contributed by atoms with E-state index in [0.29, 0.717) is 15.6 Å². The van der Waals surface area contributed by atoms with Crippen LogP contribution in [0.2, 0.25) is 0 Å². The number of methoxy groups -OCH3 is 1. The van der Waals surface area contributed by atoms with Crippen molar-refractivity contribution in [1.29, 1.82) is 0 Å². The average molecular weight is 297 g/mol. The zero-order chi connectivity index (χ0) is 14.7. The van der Waals surface area contributed by atoms with Gasteiger partial charge in [-0.05, 0) is 23.8 Å². The maximum absolute atomic E-state index is 11.9. The van der Waals surface area contributed by atoms with E-state index in [1.165, 1.54) is 11.8 Å². The normalized spacial score (nSPS) is 16.1. The molecule has 2 heterocycles. The number of carbonyl (C=O) groups is 1. The molecule has 1 aliphatic rings. The summed E-state index contributed by atoms with van der Waals surface area (Å²) >= 11 is 1.30. The van der Waals surface area contributed by atoms with Crippen molar-refractivity contribution in [2.75, 3.05) is 7.11 Å². The van der Waals surface area contributed by atoms with E-state index < -0.39 is 0 Å². The second kappa shape index (κ2) is 5.88. The van der Waals surface area contributed by atoms with E-state index in [2.05, 4.69) is 15.0 Å². The number of amides is 1. The van der Waals surface area contributed by atoms with Crippen LogP contribution >= 0.6 is 11.8 Å². The molecule has 0 aliphatic carbocycles. The number of hydrogen-bond donors (Lipinski definition) is 0. The lowest BCUT2D eigenvalue weighted by atomic mass is 10.2. The van der Waals surface area contributed by atoms with Gasteiger partial charge in [-0.25, -0.2) is 0 Å². The maximum Gasteiger partial charge on any atom is 0.284 e. The number of rotatable bonds is 3. The van der Waals surface area contributed by atoms with Crippen LogP contribution in [0.5, 0.6) is 5.75 Å². The Morgan fingerprint density at radius 1 is 1.19 bits per heavy atom. The SMILES string of the molecule is COc1ccc(/C=C2\SC(c3cnccn3)=NC2=O)cc1. The molecule has 1 aliphatic heterocycles. The van der Waals surface area contributed by atoms with Crippen molar-refractivity contribution in [3.05, 3.63) is 59.0 Å². The lowest BCUT2D eigenvalue weighted by molar-refractivity contribution is -0.113. The van der Waals surface area contributed by atoms with Crippen LogP contribution in [0.15, 0.2) is 52.8 Å². The third-order valence-corrected chi connectivity index (χ3v) is 3.82. The van der Waals surface area contributed by atoms with Crippen molar-refractivity contribution < 1.29 is 9.53 Å². The lowest BCUT2D eigenvalue weighted by Crippen LogP contribution is -1.95. The van der Waals surface area contributed by atoms with Crippen LogP contribution in [0, 0.1) is 0 Å². The first-order chi connectivity index (χ1) is 10.3. The minimum absolute atomic E-state index is 0.253. The number of hydrogen-bond acceptors (Lipinski definition) is 5. The van der Waals surface area contributed by atoms with Gasteiger partial charge in [0.05, 0.1) is 18.2 Å². The van der Waals surface area contributed by atoms with Gasteiger partial charge in [-0.15, -0.1) is 0 Å². The molecule has 21 heavy (non-hydrogen) atoms. The number of benzene rings is 1. The quantitative estimate of drug-likeness (QED) is 0.815. The molecule has 0 saturated heterocycles. The molecule has 3 rings (SSSR count). The molecule has 0 unspecified atom stereocenters. The van der Waals surface area contributed by atoms with Crippen LogP contribution in [-0.2, 0) is 4.79 Å². The fraction of sp³-hybridized carbons (Fsp3) is 0.0667. The van der Waals surface area contributed by atoms with E-state index in [0.717, 1.165) is 11.3 Å². The molecule has 1 aromatic heterocycles. The highest BCUT2D eigenvalue weighted by Gasteiger charge is 2.23. The fourth-order valence-electron chi connectivity index (χ4n) is 1.78. The zero-order valence-corrected chi connectivity index (χ0v) is 12.0. The van der Waals surface area contributed by atoms with Crippen molar-refractivity contribution in [1.82, 2.24) is 9.97 Å². The average Bonchev–Trinajstić information content (AvgIpc) is 2.90. The molecule has 104 valence electrons. The van der Waals surface area contributed by atoms with Crippen LogP contribution in [0.1, 0.15) is 11.3 Å². The number of nitrogens with zero attached hydrogens (tertiary/aromatic N) is 3. The van der Waals surface area contributed by atoms with E-state index >= 15 is 0 Å². The molecular formula is C15H11N3O2S. The summed E-state index contributed by atoms with van der Waals surface area (Å²) in [6, 6.07) is 7.47. The van der Waals surface area contributed by atoms with Crippen LogP contribution in [-0.4, -0.2) is 28.0 Å². The van der Waals surface area contributed by atoms with Crippen LogP contribution < -0.4 is 4.74 Å². The Kier molecular flexibility index (Phi) is 3.79. The third kappa shape index (κ3) is 3.00. The van der Waals surface area contributed by atoms with Crippen molar-refractivity contribution in [2.45, 2.75) is 0 Å². The molecule has 0 fully saturated rings. The fourth-order valence-corrected chi connectivity index (χ4v) is 2.65. The monoisotopic (exact) mass is 297 g/mol. The smallest absolute Gasteiger partial charge is 0.284 e. The van der Waals surface area contributed by atoms with Crippen LogP contribution in [0.3, 0.4) is 0 Å². The van der Waals surface area contributed by atoms with Gasteiger partial charge in [-0.2, -0.15) is 4.99 Å². The number of carbonyl (C=O) groups excluding carboxylic acids is 1. The topological polar surface area (TPSA) is 64.4 Å². The molecule has 0 bridgehead atoms. The van der Waals surface area contributed by atoms with Gasteiger partial charge in [-0.3, -0.25) is 14.8 Å². The predicted molar refractivity (Wildman–Crippen MR) is 82.1 cm³/mol. The molecule has 1 aromatic carbocycles. The van der Waals surface area contributed by atoms with E-state index in [4.69, 9.17) is 4.74 Å². The van der Waals surface area contributed by atoms with Gasteiger partial charge < -0.3 is 4.74 Å². The first kappa shape index (κ1) is 13.5. The summed E-state index contributed by atoms with van der Waals surface area (Å²) < 4.78 is 5.10. The molecule has 1 amide bonds. The van der Waals surface area contributed by atoms with Crippen molar-refractivity contribution >= 4 is 28.8 Å². The Bertz CT molecular complexity index is 724. The standard InChI is InChI=1S/C15H11N3O2S/c1-20-11-4-2-10(3-5-11)8-13-14(19)18-15(21-13)12-9-16-6-7-17-12/h2-9H,1H3/b13-8-. The third-order valence-electron chi connectivity index (χ3n) is 2.82. The molecule has 0 radical (unpaired) electrons. The van der Waals surface area contributed by atoms with Crippen molar-refractivity contribution in [3.8, 4) is 5.75 Å². The van der Waals surface area contributed by atoms with Gasteiger partial charge in [0.1, 0.15) is 16.5 Å². The van der Waals surface area contributed by atoms with Gasteiger partial charge in [0, 0.05) is 12.4 Å².